The number of nitrogens with one attached hydrogen (secondary N) is 1. The molecule has 0 unspecified atom stereocenters. The first-order valence-electron chi connectivity index (χ1n) is 4.42. The molecule has 0 aliphatic carbocycles. The summed E-state index contributed by atoms with van der Waals surface area (Å²) in [5.74, 6) is -0.928. The number of carbonyl (C=O) groups excluding carboxylic acids is 1. The van der Waals surface area contributed by atoms with Gasteiger partial charge in [0.15, 0.2) is 0 Å². The number of non-ortho nitro benzene ring substituents is 1. The monoisotopic (exact) mass is 222 g/mol. The van der Waals surface area contributed by atoms with Crippen molar-refractivity contribution in [1.82, 2.24) is 5.32 Å². The smallest absolute Gasteiger partial charge is 0.273 e. The van der Waals surface area contributed by atoms with Gasteiger partial charge in [0.25, 0.3) is 11.6 Å². The Balaban J connectivity index is 2.94. The van der Waals surface area contributed by atoms with Crippen LogP contribution in [0.25, 0.3) is 0 Å². The van der Waals surface area contributed by atoms with Gasteiger partial charge in [-0.1, -0.05) is 6.08 Å². The van der Waals surface area contributed by atoms with Crippen molar-refractivity contribution < 1.29 is 14.8 Å². The molecule has 1 aromatic rings. The van der Waals surface area contributed by atoms with E-state index < -0.39 is 16.6 Å². The van der Waals surface area contributed by atoms with Crippen molar-refractivity contribution in [3.05, 3.63) is 46.5 Å². The van der Waals surface area contributed by atoms with Crippen LogP contribution in [0.2, 0.25) is 0 Å². The van der Waals surface area contributed by atoms with E-state index in [1.807, 2.05) is 0 Å². The van der Waals surface area contributed by atoms with Crippen LogP contribution in [0.3, 0.4) is 0 Å². The number of rotatable bonds is 4. The quantitative estimate of drug-likeness (QED) is 0.455. The van der Waals surface area contributed by atoms with Crippen LogP contribution in [0, 0.1) is 10.1 Å². The van der Waals surface area contributed by atoms with Crippen LogP contribution in [0.1, 0.15) is 10.4 Å². The Bertz CT molecular complexity index is 442. The second-order valence-electron chi connectivity index (χ2n) is 2.96. The summed E-state index contributed by atoms with van der Waals surface area (Å²) >= 11 is 0. The molecule has 0 bridgehead atoms. The summed E-state index contributed by atoms with van der Waals surface area (Å²) in [5.41, 5.74) is -0.273. The Morgan fingerprint density at radius 1 is 1.62 bits per heavy atom. The molecule has 1 rings (SSSR count). The highest BCUT2D eigenvalue weighted by atomic mass is 16.6. The molecule has 0 atom stereocenters. The Morgan fingerprint density at radius 3 is 2.81 bits per heavy atom. The van der Waals surface area contributed by atoms with E-state index in [1.54, 1.807) is 0 Å². The molecule has 84 valence electrons. The summed E-state index contributed by atoms with van der Waals surface area (Å²) in [7, 11) is 0. The predicted molar refractivity (Wildman–Crippen MR) is 57.3 cm³/mol. The molecule has 2 N–H and O–H groups in total. The standard InChI is InChI=1S/C10H10N2O4/c1-2-5-11-10(14)8-4-3-7(12(15)16)6-9(8)13/h2-4,6,13H,1,5H2,(H,11,14). The van der Waals surface area contributed by atoms with Gasteiger partial charge >= 0.3 is 0 Å². The SMILES string of the molecule is C=CCNC(=O)c1ccc([N+](=O)[O-])cc1O. The summed E-state index contributed by atoms with van der Waals surface area (Å²) in [6, 6.07) is 3.29. The summed E-state index contributed by atoms with van der Waals surface area (Å²) in [6.07, 6.45) is 1.49. The zero-order valence-electron chi connectivity index (χ0n) is 8.34. The number of nitrogens with zero attached hydrogens (tertiary/aromatic N) is 1. The van der Waals surface area contributed by atoms with E-state index >= 15 is 0 Å². The molecule has 16 heavy (non-hydrogen) atoms. The second-order valence-corrected chi connectivity index (χ2v) is 2.96. The van der Waals surface area contributed by atoms with Crippen molar-refractivity contribution >= 4 is 11.6 Å². The summed E-state index contributed by atoms with van der Waals surface area (Å²) < 4.78 is 0. The molecular formula is C10H10N2O4. The van der Waals surface area contributed by atoms with E-state index in [-0.39, 0.29) is 17.8 Å². The molecule has 6 heteroatoms. The maximum atomic E-state index is 11.4. The van der Waals surface area contributed by atoms with Crippen LogP contribution in [0.5, 0.6) is 5.75 Å². The summed E-state index contributed by atoms with van der Waals surface area (Å²) in [5, 5.41) is 22.3. The normalized spacial score (nSPS) is 9.50. The van der Waals surface area contributed by atoms with Crippen molar-refractivity contribution in [2.45, 2.75) is 0 Å². The summed E-state index contributed by atoms with van der Waals surface area (Å²) in [6.45, 7) is 3.68. The number of aromatic hydroxyl groups is 1. The van der Waals surface area contributed by atoms with E-state index in [0.29, 0.717) is 0 Å². The van der Waals surface area contributed by atoms with Crippen molar-refractivity contribution in [2.75, 3.05) is 6.54 Å². The highest BCUT2D eigenvalue weighted by Crippen LogP contribution is 2.23. The minimum absolute atomic E-state index is 0.00699. The second kappa shape index (κ2) is 4.92. The largest absolute Gasteiger partial charge is 0.507 e. The number of hydrogen-bond donors (Lipinski definition) is 2. The van der Waals surface area contributed by atoms with Crippen LogP contribution >= 0.6 is 0 Å². The number of phenolic OH excluding ortho intramolecular Hbond substituents is 1. The maximum absolute atomic E-state index is 11.4. The van der Waals surface area contributed by atoms with Gasteiger partial charge in [-0.05, 0) is 6.07 Å². The van der Waals surface area contributed by atoms with E-state index in [0.717, 1.165) is 12.1 Å². The molecule has 0 saturated heterocycles. The predicted octanol–water partition coefficient (Wildman–Crippen LogP) is 1.22. The zero-order chi connectivity index (χ0) is 12.1. The number of hydrogen-bond acceptors (Lipinski definition) is 4. The molecule has 1 aromatic carbocycles. The minimum Gasteiger partial charge on any atom is -0.507 e. The molecule has 0 radical (unpaired) electrons. The van der Waals surface area contributed by atoms with Gasteiger partial charge in [0.1, 0.15) is 5.75 Å². The third-order valence-electron chi connectivity index (χ3n) is 1.84. The molecule has 0 aliphatic heterocycles. The number of benzene rings is 1. The lowest BCUT2D eigenvalue weighted by Gasteiger charge is -2.04. The average molecular weight is 222 g/mol. The minimum atomic E-state index is -0.648. The van der Waals surface area contributed by atoms with Gasteiger partial charge in [-0.15, -0.1) is 6.58 Å². The fraction of sp³-hybridized carbons (Fsp3) is 0.100. The van der Waals surface area contributed by atoms with Crippen LogP contribution in [-0.4, -0.2) is 22.5 Å². The lowest BCUT2D eigenvalue weighted by atomic mass is 10.1. The van der Waals surface area contributed by atoms with Gasteiger partial charge in [-0.25, -0.2) is 0 Å². The third kappa shape index (κ3) is 2.57. The van der Waals surface area contributed by atoms with Gasteiger partial charge in [0.2, 0.25) is 0 Å². The topological polar surface area (TPSA) is 92.5 Å². The third-order valence-corrected chi connectivity index (χ3v) is 1.84. The van der Waals surface area contributed by atoms with Crippen LogP contribution in [0.15, 0.2) is 30.9 Å². The first-order chi connectivity index (χ1) is 7.56. The van der Waals surface area contributed by atoms with Crippen molar-refractivity contribution in [3.63, 3.8) is 0 Å². The first-order valence-corrected chi connectivity index (χ1v) is 4.42. The van der Waals surface area contributed by atoms with Crippen molar-refractivity contribution in [3.8, 4) is 5.75 Å². The van der Waals surface area contributed by atoms with Crippen LogP contribution < -0.4 is 5.32 Å². The number of amides is 1. The fourth-order valence-electron chi connectivity index (χ4n) is 1.09. The molecule has 0 spiro atoms. The van der Waals surface area contributed by atoms with Crippen molar-refractivity contribution in [1.29, 1.82) is 0 Å². The first kappa shape index (κ1) is 11.7. The highest BCUT2D eigenvalue weighted by molar-refractivity contribution is 5.97. The molecule has 0 saturated carbocycles. The number of nitro groups is 1. The highest BCUT2D eigenvalue weighted by Gasteiger charge is 2.14. The Hall–Kier alpha value is -2.37. The van der Waals surface area contributed by atoms with E-state index in [2.05, 4.69) is 11.9 Å². The number of carbonyl (C=O) groups is 1. The lowest BCUT2D eigenvalue weighted by Crippen LogP contribution is -2.23. The Morgan fingerprint density at radius 2 is 2.31 bits per heavy atom. The Labute approximate surface area is 91.4 Å². The van der Waals surface area contributed by atoms with E-state index in [1.165, 1.54) is 12.1 Å². The average Bonchev–Trinajstić information content (AvgIpc) is 2.25. The Kier molecular flexibility index (Phi) is 3.60. The molecule has 0 aromatic heterocycles. The molecule has 1 amide bonds. The van der Waals surface area contributed by atoms with Gasteiger partial charge in [0.05, 0.1) is 16.6 Å². The molecule has 0 heterocycles. The van der Waals surface area contributed by atoms with E-state index in [4.69, 9.17) is 0 Å². The number of nitro benzene ring substituents is 1. The van der Waals surface area contributed by atoms with Gasteiger partial charge in [-0.3, -0.25) is 14.9 Å². The van der Waals surface area contributed by atoms with Gasteiger partial charge in [0, 0.05) is 12.6 Å². The van der Waals surface area contributed by atoms with Gasteiger partial charge in [-0.2, -0.15) is 0 Å². The molecular weight excluding hydrogens is 212 g/mol. The number of phenols is 1. The maximum Gasteiger partial charge on any atom is 0.273 e. The van der Waals surface area contributed by atoms with Crippen LogP contribution in [0.4, 0.5) is 5.69 Å². The van der Waals surface area contributed by atoms with Crippen molar-refractivity contribution in [2.24, 2.45) is 0 Å². The van der Waals surface area contributed by atoms with Gasteiger partial charge < -0.3 is 10.4 Å². The zero-order valence-corrected chi connectivity index (χ0v) is 8.34. The fourth-order valence-corrected chi connectivity index (χ4v) is 1.09. The summed E-state index contributed by atoms with van der Waals surface area (Å²) in [4.78, 5) is 21.2. The van der Waals surface area contributed by atoms with E-state index in [9.17, 15) is 20.0 Å². The lowest BCUT2D eigenvalue weighted by molar-refractivity contribution is -0.384. The molecule has 0 aliphatic rings. The van der Waals surface area contributed by atoms with Crippen LogP contribution in [-0.2, 0) is 0 Å². The molecule has 6 nitrogen and oxygen atoms in total. The molecule has 0 fully saturated rings.